The minimum absolute atomic E-state index is 0.607. The monoisotopic (exact) mass is 286 g/mol. The molecule has 1 atom stereocenters. The number of nitrogens with zero attached hydrogens (tertiary/aromatic N) is 1. The normalized spacial score (nSPS) is 27.0. The third kappa shape index (κ3) is 4.31. The summed E-state index contributed by atoms with van der Waals surface area (Å²) in [5, 5.41) is 3.63. The highest BCUT2D eigenvalue weighted by atomic mass is 15.1. The molecule has 1 N–H and O–H groups in total. The highest BCUT2D eigenvalue weighted by molar-refractivity contribution is 5.14. The molecule has 0 aliphatic carbocycles. The first-order chi connectivity index (χ1) is 10.4. The number of nitrogens with one attached hydrogen (secondary N) is 1. The van der Waals surface area contributed by atoms with Crippen molar-refractivity contribution in [3.63, 3.8) is 0 Å². The summed E-state index contributed by atoms with van der Waals surface area (Å²) in [6.45, 7) is 6.46. The maximum atomic E-state index is 3.63. The zero-order chi connectivity index (χ0) is 14.4. The number of likely N-dealkylation sites (tertiary alicyclic amines) is 1. The molecule has 21 heavy (non-hydrogen) atoms. The Morgan fingerprint density at radius 3 is 2.71 bits per heavy atom. The van der Waals surface area contributed by atoms with Gasteiger partial charge in [-0.25, -0.2) is 0 Å². The number of aryl methyl sites for hydroxylation is 1. The van der Waals surface area contributed by atoms with E-state index < -0.39 is 0 Å². The van der Waals surface area contributed by atoms with E-state index in [1.807, 2.05) is 0 Å². The first-order valence-corrected chi connectivity index (χ1v) is 8.83. The summed E-state index contributed by atoms with van der Waals surface area (Å²) >= 11 is 0. The summed E-state index contributed by atoms with van der Waals surface area (Å²) in [7, 11) is 0. The van der Waals surface area contributed by atoms with E-state index in [2.05, 4.69) is 40.5 Å². The minimum Gasteiger partial charge on any atom is -0.316 e. The molecule has 2 heterocycles. The van der Waals surface area contributed by atoms with Crippen molar-refractivity contribution in [3.8, 4) is 0 Å². The Morgan fingerprint density at radius 1 is 1.05 bits per heavy atom. The fourth-order valence-electron chi connectivity index (χ4n) is 4.19. The van der Waals surface area contributed by atoms with E-state index in [1.165, 1.54) is 83.2 Å². The van der Waals surface area contributed by atoms with Crippen LogP contribution in [0.1, 0.15) is 44.1 Å². The lowest BCUT2D eigenvalue weighted by Gasteiger charge is -2.45. The number of piperidine rings is 2. The first kappa shape index (κ1) is 15.1. The summed E-state index contributed by atoms with van der Waals surface area (Å²) in [5.41, 5.74) is 2.10. The van der Waals surface area contributed by atoms with E-state index in [4.69, 9.17) is 0 Å². The van der Waals surface area contributed by atoms with Crippen molar-refractivity contribution in [2.75, 3.05) is 32.7 Å². The molecule has 3 rings (SSSR count). The average molecular weight is 286 g/mol. The molecule has 0 bridgehead atoms. The maximum Gasteiger partial charge on any atom is 0.00502 e. The third-order valence-corrected chi connectivity index (χ3v) is 5.33. The molecule has 2 aliphatic rings. The number of benzene rings is 1. The van der Waals surface area contributed by atoms with Crippen LogP contribution in [0.3, 0.4) is 0 Å². The van der Waals surface area contributed by atoms with Crippen molar-refractivity contribution in [2.24, 2.45) is 5.41 Å². The van der Waals surface area contributed by atoms with Crippen molar-refractivity contribution >= 4 is 0 Å². The van der Waals surface area contributed by atoms with Crippen molar-refractivity contribution in [3.05, 3.63) is 35.9 Å². The molecule has 2 nitrogen and oxygen atoms in total. The lowest BCUT2D eigenvalue weighted by molar-refractivity contribution is 0.0637. The Hall–Kier alpha value is -0.860. The van der Waals surface area contributed by atoms with Crippen LogP contribution in [0.25, 0.3) is 0 Å². The van der Waals surface area contributed by atoms with Crippen molar-refractivity contribution in [1.82, 2.24) is 10.2 Å². The maximum absolute atomic E-state index is 3.63. The SMILES string of the molecule is c1ccc(CCCCN2CCCC3(CCCNC3)C2)cc1. The molecule has 2 aliphatic heterocycles. The molecular formula is C19H30N2. The molecule has 1 aromatic rings. The number of rotatable bonds is 5. The molecule has 0 amide bonds. The van der Waals surface area contributed by atoms with Gasteiger partial charge >= 0.3 is 0 Å². The van der Waals surface area contributed by atoms with E-state index in [-0.39, 0.29) is 0 Å². The van der Waals surface area contributed by atoms with E-state index in [0.29, 0.717) is 5.41 Å². The van der Waals surface area contributed by atoms with Gasteiger partial charge in [-0.1, -0.05) is 30.3 Å². The quantitative estimate of drug-likeness (QED) is 0.834. The second kappa shape index (κ2) is 7.42. The van der Waals surface area contributed by atoms with Crippen LogP contribution in [0.2, 0.25) is 0 Å². The second-order valence-corrected chi connectivity index (χ2v) is 7.10. The molecule has 2 fully saturated rings. The van der Waals surface area contributed by atoms with Crippen LogP contribution in [-0.4, -0.2) is 37.6 Å². The van der Waals surface area contributed by atoms with Gasteiger partial charge in [-0.3, -0.25) is 0 Å². The van der Waals surface area contributed by atoms with E-state index in [1.54, 1.807) is 0 Å². The summed E-state index contributed by atoms with van der Waals surface area (Å²) < 4.78 is 0. The van der Waals surface area contributed by atoms with Crippen LogP contribution in [0, 0.1) is 5.41 Å². The Kier molecular flexibility index (Phi) is 5.32. The molecular weight excluding hydrogens is 256 g/mol. The Labute approximate surface area is 129 Å². The molecule has 2 heteroatoms. The van der Waals surface area contributed by atoms with Gasteiger partial charge in [0.1, 0.15) is 0 Å². The van der Waals surface area contributed by atoms with Gasteiger partial charge in [0.2, 0.25) is 0 Å². The number of unbranched alkanes of at least 4 members (excludes halogenated alkanes) is 1. The smallest absolute Gasteiger partial charge is 0.00502 e. The highest BCUT2D eigenvalue weighted by Crippen LogP contribution is 2.35. The van der Waals surface area contributed by atoms with Crippen LogP contribution in [0.4, 0.5) is 0 Å². The lowest BCUT2D eigenvalue weighted by Crippen LogP contribution is -2.51. The largest absolute Gasteiger partial charge is 0.316 e. The summed E-state index contributed by atoms with van der Waals surface area (Å²) in [5.74, 6) is 0. The molecule has 0 radical (unpaired) electrons. The molecule has 1 unspecified atom stereocenters. The van der Waals surface area contributed by atoms with Crippen molar-refractivity contribution in [2.45, 2.75) is 44.9 Å². The van der Waals surface area contributed by atoms with Crippen LogP contribution in [-0.2, 0) is 6.42 Å². The fraction of sp³-hybridized carbons (Fsp3) is 0.684. The lowest BCUT2D eigenvalue weighted by atomic mass is 9.74. The predicted molar refractivity (Wildman–Crippen MR) is 89.6 cm³/mol. The topological polar surface area (TPSA) is 15.3 Å². The van der Waals surface area contributed by atoms with Crippen molar-refractivity contribution in [1.29, 1.82) is 0 Å². The highest BCUT2D eigenvalue weighted by Gasteiger charge is 2.36. The molecule has 0 saturated carbocycles. The van der Waals surface area contributed by atoms with Gasteiger partial charge < -0.3 is 10.2 Å². The Balaban J connectivity index is 1.39. The van der Waals surface area contributed by atoms with Crippen molar-refractivity contribution < 1.29 is 0 Å². The Bertz CT molecular complexity index is 403. The van der Waals surface area contributed by atoms with Gasteiger partial charge in [0.25, 0.3) is 0 Å². The summed E-state index contributed by atoms with van der Waals surface area (Å²) in [6.07, 6.45) is 9.58. The van der Waals surface area contributed by atoms with Gasteiger partial charge in [-0.05, 0) is 75.6 Å². The van der Waals surface area contributed by atoms with Gasteiger partial charge in [0, 0.05) is 13.1 Å². The van der Waals surface area contributed by atoms with Gasteiger partial charge in [0.05, 0.1) is 0 Å². The fourth-order valence-corrected chi connectivity index (χ4v) is 4.19. The summed E-state index contributed by atoms with van der Waals surface area (Å²) in [6, 6.07) is 10.9. The minimum atomic E-state index is 0.607. The third-order valence-electron chi connectivity index (χ3n) is 5.33. The molecule has 1 aromatic carbocycles. The summed E-state index contributed by atoms with van der Waals surface area (Å²) in [4.78, 5) is 2.74. The molecule has 116 valence electrons. The number of hydrogen-bond acceptors (Lipinski definition) is 2. The van der Waals surface area contributed by atoms with E-state index >= 15 is 0 Å². The standard InChI is InChI=1S/C19H30N2/c1-2-8-18(9-3-1)10-4-5-14-21-15-7-12-19(17-21)11-6-13-20-16-19/h1-3,8-9,20H,4-7,10-17H2. The zero-order valence-electron chi connectivity index (χ0n) is 13.3. The van der Waals surface area contributed by atoms with Crippen LogP contribution in [0.5, 0.6) is 0 Å². The molecule has 2 saturated heterocycles. The van der Waals surface area contributed by atoms with Gasteiger partial charge in [-0.2, -0.15) is 0 Å². The van der Waals surface area contributed by atoms with E-state index in [9.17, 15) is 0 Å². The van der Waals surface area contributed by atoms with E-state index in [0.717, 1.165) is 0 Å². The molecule has 0 aromatic heterocycles. The zero-order valence-corrected chi connectivity index (χ0v) is 13.3. The van der Waals surface area contributed by atoms with Gasteiger partial charge in [0.15, 0.2) is 0 Å². The molecule has 1 spiro atoms. The van der Waals surface area contributed by atoms with Crippen LogP contribution < -0.4 is 5.32 Å². The first-order valence-electron chi connectivity index (χ1n) is 8.83. The van der Waals surface area contributed by atoms with Crippen LogP contribution in [0.15, 0.2) is 30.3 Å². The van der Waals surface area contributed by atoms with Crippen LogP contribution >= 0.6 is 0 Å². The van der Waals surface area contributed by atoms with Gasteiger partial charge in [-0.15, -0.1) is 0 Å². The average Bonchev–Trinajstić information content (AvgIpc) is 2.54. The number of hydrogen-bond donors (Lipinski definition) is 1. The Morgan fingerprint density at radius 2 is 1.90 bits per heavy atom. The predicted octanol–water partition coefficient (Wildman–Crippen LogP) is 3.47. The second-order valence-electron chi connectivity index (χ2n) is 7.10.